The number of nitrogens with zero attached hydrogens (tertiary/aromatic N) is 5. The van der Waals surface area contributed by atoms with Gasteiger partial charge in [0.2, 0.25) is 11.7 Å². The topological polar surface area (TPSA) is 81.1 Å². The van der Waals surface area contributed by atoms with Crippen LogP contribution in [0.1, 0.15) is 31.2 Å². The Balaban J connectivity index is 1.68. The van der Waals surface area contributed by atoms with Gasteiger partial charge in [-0.3, -0.25) is 0 Å². The van der Waals surface area contributed by atoms with Gasteiger partial charge in [0.05, 0.1) is 0 Å². The minimum absolute atomic E-state index is 0.203. The van der Waals surface area contributed by atoms with Gasteiger partial charge in [-0.15, -0.1) is 0 Å². The first-order valence-corrected chi connectivity index (χ1v) is 8.12. The molecule has 3 heterocycles. The Morgan fingerprint density at radius 2 is 2.08 bits per heavy atom. The lowest BCUT2D eigenvalue weighted by Gasteiger charge is -2.08. The van der Waals surface area contributed by atoms with Crippen molar-refractivity contribution in [3.8, 4) is 11.4 Å². The molecule has 1 aromatic carbocycles. The lowest BCUT2D eigenvalue weighted by Crippen LogP contribution is -2.00. The van der Waals surface area contributed by atoms with E-state index in [1.807, 2.05) is 61.8 Å². The van der Waals surface area contributed by atoms with E-state index in [9.17, 15) is 0 Å². The van der Waals surface area contributed by atoms with Crippen molar-refractivity contribution in [2.24, 2.45) is 0 Å². The minimum Gasteiger partial charge on any atom is -0.339 e. The van der Waals surface area contributed by atoms with E-state index in [0.717, 1.165) is 28.1 Å². The molecule has 0 atom stereocenters. The van der Waals surface area contributed by atoms with Crippen LogP contribution in [0.25, 0.3) is 16.9 Å². The Bertz CT molecular complexity index is 1030. The maximum Gasteiger partial charge on any atom is 0.229 e. The monoisotopic (exact) mass is 334 g/mol. The van der Waals surface area contributed by atoms with Crippen molar-refractivity contribution >= 4 is 17.0 Å². The Morgan fingerprint density at radius 3 is 2.88 bits per heavy atom. The van der Waals surface area contributed by atoms with Gasteiger partial charge in [0.25, 0.3) is 0 Å². The van der Waals surface area contributed by atoms with Gasteiger partial charge in [0, 0.05) is 23.4 Å². The molecule has 7 nitrogen and oxygen atoms in total. The third kappa shape index (κ3) is 2.84. The van der Waals surface area contributed by atoms with Crippen LogP contribution in [0.5, 0.6) is 0 Å². The average Bonchev–Trinajstić information content (AvgIpc) is 3.23. The van der Waals surface area contributed by atoms with Crippen molar-refractivity contribution in [1.82, 2.24) is 24.7 Å². The summed E-state index contributed by atoms with van der Waals surface area (Å²) in [6.45, 7) is 6.08. The number of nitrogens with one attached hydrogen (secondary N) is 1. The molecule has 3 aromatic heterocycles. The van der Waals surface area contributed by atoms with Crippen molar-refractivity contribution in [3.63, 3.8) is 0 Å². The molecule has 0 aliphatic heterocycles. The normalized spacial score (nSPS) is 11.4. The summed E-state index contributed by atoms with van der Waals surface area (Å²) in [5.41, 5.74) is 3.85. The summed E-state index contributed by atoms with van der Waals surface area (Å²) in [5, 5.41) is 11.6. The highest BCUT2D eigenvalue weighted by Gasteiger charge is 2.12. The van der Waals surface area contributed by atoms with Crippen LogP contribution in [-0.4, -0.2) is 24.7 Å². The lowest BCUT2D eigenvalue weighted by atomic mass is 10.2. The average molecular weight is 334 g/mol. The van der Waals surface area contributed by atoms with E-state index in [2.05, 4.69) is 25.5 Å². The van der Waals surface area contributed by atoms with E-state index in [4.69, 9.17) is 4.52 Å². The van der Waals surface area contributed by atoms with Crippen LogP contribution in [-0.2, 0) is 0 Å². The summed E-state index contributed by atoms with van der Waals surface area (Å²) >= 11 is 0. The maximum absolute atomic E-state index is 5.30. The number of benzene rings is 1. The summed E-state index contributed by atoms with van der Waals surface area (Å²) in [5.74, 6) is 2.17. The van der Waals surface area contributed by atoms with Crippen LogP contribution in [0, 0.1) is 6.92 Å². The third-order valence-corrected chi connectivity index (χ3v) is 3.97. The number of aromatic nitrogens is 5. The molecule has 1 N–H and O–H groups in total. The Kier molecular flexibility index (Phi) is 3.68. The van der Waals surface area contributed by atoms with Gasteiger partial charge in [-0.1, -0.05) is 31.1 Å². The maximum atomic E-state index is 5.30. The van der Waals surface area contributed by atoms with Crippen LogP contribution in [0.2, 0.25) is 0 Å². The van der Waals surface area contributed by atoms with Crippen LogP contribution < -0.4 is 5.32 Å². The molecule has 7 heteroatoms. The zero-order chi connectivity index (χ0) is 17.4. The molecule has 0 saturated carbocycles. The number of aryl methyl sites for hydroxylation is 1. The molecule has 0 unspecified atom stereocenters. The summed E-state index contributed by atoms with van der Waals surface area (Å²) in [4.78, 5) is 8.82. The van der Waals surface area contributed by atoms with Gasteiger partial charge in [0.15, 0.2) is 5.82 Å². The molecule has 25 heavy (non-hydrogen) atoms. The highest BCUT2D eigenvalue weighted by Crippen LogP contribution is 2.26. The molecule has 0 fully saturated rings. The Hall–Kier alpha value is -3.22. The number of hydrogen-bond acceptors (Lipinski definition) is 6. The number of hydrogen-bond donors (Lipinski definition) is 1. The number of fused-ring (bicyclic) bond motifs is 1. The predicted molar refractivity (Wildman–Crippen MR) is 94.8 cm³/mol. The van der Waals surface area contributed by atoms with Gasteiger partial charge in [0.1, 0.15) is 11.8 Å². The molecule has 4 rings (SSSR count). The van der Waals surface area contributed by atoms with Crippen molar-refractivity contribution in [3.05, 3.63) is 54.3 Å². The van der Waals surface area contributed by atoms with Crippen LogP contribution in [0.3, 0.4) is 0 Å². The first-order valence-electron chi connectivity index (χ1n) is 8.12. The first-order chi connectivity index (χ1) is 12.1. The molecule has 0 radical (unpaired) electrons. The molecule has 0 amide bonds. The van der Waals surface area contributed by atoms with Gasteiger partial charge in [-0.25, -0.2) is 9.50 Å². The molecule has 4 aromatic rings. The van der Waals surface area contributed by atoms with Crippen molar-refractivity contribution in [2.75, 3.05) is 5.32 Å². The second kappa shape index (κ2) is 6.01. The summed E-state index contributed by atoms with van der Waals surface area (Å²) in [6, 6.07) is 9.87. The molecule has 0 spiro atoms. The van der Waals surface area contributed by atoms with Crippen LogP contribution in [0.15, 0.2) is 47.4 Å². The minimum atomic E-state index is 0.203. The highest BCUT2D eigenvalue weighted by atomic mass is 16.5. The zero-order valence-corrected chi connectivity index (χ0v) is 14.3. The summed E-state index contributed by atoms with van der Waals surface area (Å²) in [7, 11) is 0. The van der Waals surface area contributed by atoms with E-state index >= 15 is 0 Å². The Morgan fingerprint density at radius 1 is 1.20 bits per heavy atom. The van der Waals surface area contributed by atoms with Crippen molar-refractivity contribution in [1.29, 1.82) is 0 Å². The fraction of sp³-hybridized carbons (Fsp3) is 0.222. The molecule has 0 aliphatic carbocycles. The lowest BCUT2D eigenvalue weighted by molar-refractivity contribution is 0.365. The first kappa shape index (κ1) is 15.3. The molecular formula is C18H18N6O. The third-order valence-electron chi connectivity index (χ3n) is 3.97. The number of anilines is 2. The second-order valence-corrected chi connectivity index (χ2v) is 6.22. The standard InChI is InChI=1S/C18H18N6O/c1-11(2)18-22-16(23-25-18)13-5-4-6-14(9-13)21-17-15-12(3)7-8-24(15)20-10-19-17/h4-11H,1-3H3,(H,19,20,21). The molecule has 0 bridgehead atoms. The smallest absolute Gasteiger partial charge is 0.229 e. The van der Waals surface area contributed by atoms with E-state index in [-0.39, 0.29) is 5.92 Å². The van der Waals surface area contributed by atoms with Crippen molar-refractivity contribution < 1.29 is 4.52 Å². The van der Waals surface area contributed by atoms with Crippen LogP contribution in [0.4, 0.5) is 11.5 Å². The molecule has 0 saturated heterocycles. The summed E-state index contributed by atoms with van der Waals surface area (Å²) < 4.78 is 7.10. The molecule has 126 valence electrons. The van der Waals surface area contributed by atoms with Gasteiger partial charge in [-0.2, -0.15) is 10.1 Å². The zero-order valence-electron chi connectivity index (χ0n) is 14.3. The van der Waals surface area contributed by atoms with E-state index in [1.165, 1.54) is 6.33 Å². The molecular weight excluding hydrogens is 316 g/mol. The molecule has 0 aliphatic rings. The van der Waals surface area contributed by atoms with E-state index in [0.29, 0.717) is 11.7 Å². The predicted octanol–water partition coefficient (Wildman–Crippen LogP) is 3.95. The SMILES string of the molecule is Cc1ccn2ncnc(Nc3cccc(-c4noc(C(C)C)n4)c3)c12. The van der Waals surface area contributed by atoms with Gasteiger partial charge in [-0.05, 0) is 30.7 Å². The fourth-order valence-corrected chi connectivity index (χ4v) is 2.66. The Labute approximate surface area is 144 Å². The fourth-order valence-electron chi connectivity index (χ4n) is 2.66. The van der Waals surface area contributed by atoms with Gasteiger partial charge >= 0.3 is 0 Å². The van der Waals surface area contributed by atoms with E-state index in [1.54, 1.807) is 0 Å². The van der Waals surface area contributed by atoms with Crippen LogP contribution >= 0.6 is 0 Å². The van der Waals surface area contributed by atoms with Gasteiger partial charge < -0.3 is 9.84 Å². The van der Waals surface area contributed by atoms with E-state index < -0.39 is 0 Å². The number of rotatable bonds is 4. The quantitative estimate of drug-likeness (QED) is 0.608. The van der Waals surface area contributed by atoms with Crippen molar-refractivity contribution in [2.45, 2.75) is 26.7 Å². The largest absolute Gasteiger partial charge is 0.339 e. The highest BCUT2D eigenvalue weighted by molar-refractivity contribution is 5.77. The second-order valence-electron chi connectivity index (χ2n) is 6.22. The summed E-state index contributed by atoms with van der Waals surface area (Å²) in [6.07, 6.45) is 3.45.